The second-order valence-corrected chi connectivity index (χ2v) is 13.5. The normalized spacial score (nSPS) is 11.6. The molecule has 4 aromatic heterocycles. The Labute approximate surface area is 319 Å². The number of hydrogen-bond acceptors (Lipinski definition) is 8. The predicted molar refractivity (Wildman–Crippen MR) is 220 cm³/mol. The number of fused-ring (bicyclic) bond motifs is 5. The van der Waals surface area contributed by atoms with Gasteiger partial charge in [-0.25, -0.2) is 29.9 Å². The summed E-state index contributed by atoms with van der Waals surface area (Å²) in [4.78, 5) is 27.8. The first kappa shape index (κ1) is 31.7. The molecule has 262 valence electrons. The summed E-state index contributed by atoms with van der Waals surface area (Å²) >= 11 is 0. The summed E-state index contributed by atoms with van der Waals surface area (Å²) in [5.74, 6) is 2.34. The molecule has 0 fully saturated rings. The molecule has 0 amide bonds. The average Bonchev–Trinajstić information content (AvgIpc) is 3.87. The van der Waals surface area contributed by atoms with Crippen LogP contribution < -0.4 is 0 Å². The van der Waals surface area contributed by atoms with Gasteiger partial charge in [0.15, 0.2) is 23.1 Å². The Bertz CT molecular complexity index is 3180. The first-order chi connectivity index (χ1) is 27.7. The lowest BCUT2D eigenvalue weighted by molar-refractivity contribution is 0.614. The monoisotopic (exact) mass is 720 g/mol. The molecule has 4 heterocycles. The summed E-state index contributed by atoms with van der Waals surface area (Å²) < 4.78 is 12.5. The molecular formula is C48H28N6O2. The van der Waals surface area contributed by atoms with Gasteiger partial charge in [-0.3, -0.25) is 0 Å². The molecule has 11 aromatic rings. The van der Waals surface area contributed by atoms with Gasteiger partial charge >= 0.3 is 0 Å². The molecule has 7 aromatic carbocycles. The van der Waals surface area contributed by atoms with Gasteiger partial charge in [-0.05, 0) is 51.2 Å². The van der Waals surface area contributed by atoms with E-state index < -0.39 is 0 Å². The minimum absolute atomic E-state index is 0.441. The van der Waals surface area contributed by atoms with Crippen LogP contribution in [0.3, 0.4) is 0 Å². The van der Waals surface area contributed by atoms with Crippen LogP contribution in [0.1, 0.15) is 0 Å². The summed E-state index contributed by atoms with van der Waals surface area (Å²) in [7, 11) is 0. The Morgan fingerprint density at radius 1 is 0.393 bits per heavy atom. The molecule has 0 saturated carbocycles. The molecule has 11 rings (SSSR count). The number of aromatic nitrogens is 6. The molecule has 0 spiro atoms. The van der Waals surface area contributed by atoms with Crippen molar-refractivity contribution in [3.05, 3.63) is 170 Å². The summed E-state index contributed by atoms with van der Waals surface area (Å²) in [6.45, 7) is 0. The zero-order valence-electron chi connectivity index (χ0n) is 29.7. The lowest BCUT2D eigenvalue weighted by atomic mass is 9.90. The molecule has 0 atom stereocenters. The van der Waals surface area contributed by atoms with E-state index in [0.29, 0.717) is 34.6 Å². The van der Waals surface area contributed by atoms with Crippen molar-refractivity contribution in [3.63, 3.8) is 0 Å². The van der Waals surface area contributed by atoms with Crippen molar-refractivity contribution in [1.82, 2.24) is 29.9 Å². The minimum Gasteiger partial charge on any atom is -0.456 e. The van der Waals surface area contributed by atoms with Gasteiger partial charge in [-0.2, -0.15) is 0 Å². The molecule has 8 nitrogen and oxygen atoms in total. The number of benzene rings is 7. The Morgan fingerprint density at radius 3 is 1.70 bits per heavy atom. The van der Waals surface area contributed by atoms with Crippen LogP contribution in [0.15, 0.2) is 179 Å². The molecule has 0 N–H and O–H groups in total. The number of rotatable bonds is 6. The molecule has 0 aliphatic carbocycles. The van der Waals surface area contributed by atoms with Crippen molar-refractivity contribution in [1.29, 1.82) is 0 Å². The van der Waals surface area contributed by atoms with E-state index in [0.717, 1.165) is 77.2 Å². The highest BCUT2D eigenvalue weighted by atomic mass is 16.4. The second-order valence-electron chi connectivity index (χ2n) is 13.5. The lowest BCUT2D eigenvalue weighted by Crippen LogP contribution is -2.00. The Hall–Kier alpha value is -7.84. The summed E-state index contributed by atoms with van der Waals surface area (Å²) in [5, 5.41) is 4.29. The van der Waals surface area contributed by atoms with E-state index in [1.807, 2.05) is 84.9 Å². The summed E-state index contributed by atoms with van der Waals surface area (Å²) in [6, 6.07) is 53.5. The highest BCUT2D eigenvalue weighted by Gasteiger charge is 2.19. The zero-order valence-corrected chi connectivity index (χ0v) is 29.7. The van der Waals surface area contributed by atoms with Crippen molar-refractivity contribution >= 4 is 43.8 Å². The van der Waals surface area contributed by atoms with Crippen molar-refractivity contribution in [2.45, 2.75) is 0 Å². The lowest BCUT2D eigenvalue weighted by Gasteiger charge is -2.13. The molecule has 0 aliphatic rings. The SMILES string of the molecule is c1ccc(-c2nc(-c3ccccc3)nc(-c3ccc(-c4ccc(-c5cccc6oc7cc8oc(-c9ccncn9)nc8cc7c56)c5ccccc45)cc3)n2)cc1. The van der Waals surface area contributed by atoms with Gasteiger partial charge in [0.05, 0.1) is 0 Å². The Morgan fingerprint density at radius 2 is 1.02 bits per heavy atom. The highest BCUT2D eigenvalue weighted by Crippen LogP contribution is 2.43. The van der Waals surface area contributed by atoms with Crippen LogP contribution in [0.5, 0.6) is 0 Å². The van der Waals surface area contributed by atoms with E-state index in [-0.39, 0.29) is 0 Å². The minimum atomic E-state index is 0.441. The standard InChI is InChI=1S/C48H28N6O2/c1-3-10-30(11-4-1)45-52-46(31-12-5-2-6-13-31)54-47(53-45)32-20-18-29(19-21-32)33-22-23-36(35-15-8-7-14-34(33)35)37-16-9-17-41-44(37)38-26-40-43(27-42(38)55-41)56-48(51-40)39-24-25-49-28-50-39/h1-28H. The number of hydrogen-bond donors (Lipinski definition) is 0. The number of nitrogens with zero attached hydrogens (tertiary/aromatic N) is 6. The van der Waals surface area contributed by atoms with Crippen LogP contribution in [0.4, 0.5) is 0 Å². The van der Waals surface area contributed by atoms with Gasteiger partial charge < -0.3 is 8.83 Å². The van der Waals surface area contributed by atoms with Crippen LogP contribution >= 0.6 is 0 Å². The van der Waals surface area contributed by atoms with Gasteiger partial charge in [-0.15, -0.1) is 0 Å². The largest absolute Gasteiger partial charge is 0.456 e. The third-order valence-electron chi connectivity index (χ3n) is 10.2. The van der Waals surface area contributed by atoms with Crippen molar-refractivity contribution in [2.24, 2.45) is 0 Å². The quantitative estimate of drug-likeness (QED) is 0.167. The molecule has 56 heavy (non-hydrogen) atoms. The van der Waals surface area contributed by atoms with E-state index in [4.69, 9.17) is 28.8 Å². The van der Waals surface area contributed by atoms with Crippen LogP contribution in [-0.2, 0) is 0 Å². The summed E-state index contributed by atoms with van der Waals surface area (Å²) in [5.41, 5.74) is 10.7. The molecule has 0 saturated heterocycles. The van der Waals surface area contributed by atoms with Crippen LogP contribution in [-0.4, -0.2) is 29.9 Å². The van der Waals surface area contributed by atoms with Crippen molar-refractivity contribution in [2.75, 3.05) is 0 Å². The van der Waals surface area contributed by atoms with Crippen molar-refractivity contribution in [3.8, 4) is 68.0 Å². The van der Waals surface area contributed by atoms with E-state index in [1.54, 1.807) is 12.3 Å². The molecule has 0 aliphatic heterocycles. The maximum Gasteiger partial charge on any atom is 0.246 e. The fourth-order valence-corrected chi connectivity index (χ4v) is 7.52. The first-order valence-electron chi connectivity index (χ1n) is 18.3. The highest BCUT2D eigenvalue weighted by molar-refractivity contribution is 6.18. The third kappa shape index (κ3) is 5.39. The number of oxazole rings is 1. The van der Waals surface area contributed by atoms with Gasteiger partial charge in [-0.1, -0.05) is 133 Å². The fraction of sp³-hybridized carbons (Fsp3) is 0. The Balaban J connectivity index is 1.00. The summed E-state index contributed by atoms with van der Waals surface area (Å²) in [6.07, 6.45) is 3.16. The van der Waals surface area contributed by atoms with E-state index in [9.17, 15) is 0 Å². The number of furan rings is 1. The maximum atomic E-state index is 6.43. The molecule has 8 heteroatoms. The maximum absolute atomic E-state index is 6.43. The smallest absolute Gasteiger partial charge is 0.246 e. The van der Waals surface area contributed by atoms with Gasteiger partial charge in [0.25, 0.3) is 0 Å². The van der Waals surface area contributed by atoms with E-state index >= 15 is 0 Å². The molecular weight excluding hydrogens is 693 g/mol. The third-order valence-corrected chi connectivity index (χ3v) is 10.2. The fourth-order valence-electron chi connectivity index (χ4n) is 7.52. The van der Waals surface area contributed by atoms with Gasteiger partial charge in [0.1, 0.15) is 28.7 Å². The first-order valence-corrected chi connectivity index (χ1v) is 18.3. The Kier molecular flexibility index (Phi) is 7.31. The van der Waals surface area contributed by atoms with E-state index in [1.165, 1.54) is 6.33 Å². The van der Waals surface area contributed by atoms with Gasteiger partial charge in [0, 0.05) is 39.7 Å². The van der Waals surface area contributed by atoms with Crippen LogP contribution in [0, 0.1) is 0 Å². The molecule has 0 radical (unpaired) electrons. The predicted octanol–water partition coefficient (Wildman–Crippen LogP) is 11.9. The topological polar surface area (TPSA) is 104 Å². The van der Waals surface area contributed by atoms with Gasteiger partial charge in [0.2, 0.25) is 5.89 Å². The van der Waals surface area contributed by atoms with Crippen molar-refractivity contribution < 1.29 is 8.83 Å². The zero-order chi connectivity index (χ0) is 37.0. The van der Waals surface area contributed by atoms with Crippen LogP contribution in [0.2, 0.25) is 0 Å². The average molecular weight is 721 g/mol. The van der Waals surface area contributed by atoms with E-state index in [2.05, 4.69) is 76.7 Å². The van der Waals surface area contributed by atoms with Crippen LogP contribution in [0.25, 0.3) is 112 Å². The molecule has 0 unspecified atom stereocenters. The molecule has 0 bridgehead atoms. The second kappa shape index (κ2) is 12.9.